The van der Waals surface area contributed by atoms with Crippen molar-refractivity contribution < 1.29 is 14.2 Å². The summed E-state index contributed by atoms with van der Waals surface area (Å²) in [5.74, 6) is 0. The third kappa shape index (κ3) is 1.74. The first-order chi connectivity index (χ1) is 6.74. The van der Waals surface area contributed by atoms with Crippen molar-refractivity contribution in [3.05, 3.63) is 0 Å². The summed E-state index contributed by atoms with van der Waals surface area (Å²) in [6.45, 7) is -0.122. The molecule has 0 amide bonds. The summed E-state index contributed by atoms with van der Waals surface area (Å²) >= 11 is 1.38. The minimum Gasteiger partial charge on any atom is -0.394 e. The van der Waals surface area contributed by atoms with E-state index >= 15 is 0 Å². The second-order valence-electron chi connectivity index (χ2n) is 3.38. The highest BCUT2D eigenvalue weighted by molar-refractivity contribution is 8.14. The number of aliphatic imine (C=N–C) groups is 1. The fourth-order valence-corrected chi connectivity index (χ4v) is 2.81. The summed E-state index contributed by atoms with van der Waals surface area (Å²) in [4.78, 5) is 3.96. The van der Waals surface area contributed by atoms with Gasteiger partial charge in [-0.15, -0.1) is 0 Å². The molecule has 4 atom stereocenters. The van der Waals surface area contributed by atoms with Gasteiger partial charge in [0.25, 0.3) is 0 Å². The van der Waals surface area contributed by atoms with E-state index in [1.165, 1.54) is 11.8 Å². The van der Waals surface area contributed by atoms with E-state index in [4.69, 9.17) is 9.84 Å². The third-order valence-corrected chi connectivity index (χ3v) is 3.58. The highest BCUT2D eigenvalue weighted by Crippen LogP contribution is 2.34. The van der Waals surface area contributed by atoms with E-state index in [0.717, 1.165) is 0 Å². The minimum absolute atomic E-state index is 0.122. The summed E-state index contributed by atoms with van der Waals surface area (Å²) in [6, 6.07) is -0.318. The number of amidine groups is 1. The van der Waals surface area contributed by atoms with Gasteiger partial charge in [-0.2, -0.15) is 0 Å². The Bertz CT molecular complexity index is 251. The van der Waals surface area contributed by atoms with Gasteiger partial charge in [-0.05, 0) is 0 Å². The largest absolute Gasteiger partial charge is 0.394 e. The van der Waals surface area contributed by atoms with E-state index in [1.54, 1.807) is 7.05 Å². The van der Waals surface area contributed by atoms with E-state index in [-0.39, 0.29) is 30.6 Å². The SMILES string of the molecule is CN=C1N[C@@H]2[C@H](F)C[C@@H](CO)O[C@@H]2S1. The Hall–Kier alpha value is -0.330. The van der Waals surface area contributed by atoms with Crippen LogP contribution in [0.3, 0.4) is 0 Å². The number of fused-ring (bicyclic) bond motifs is 1. The van der Waals surface area contributed by atoms with Gasteiger partial charge >= 0.3 is 0 Å². The van der Waals surface area contributed by atoms with Crippen molar-refractivity contribution in [1.29, 1.82) is 0 Å². The standard InChI is InChI=1S/C8H13FN2O2S/c1-10-8-11-6-5(9)2-4(3-12)13-7(6)14-8/h4-7,12H,2-3H2,1H3,(H,10,11)/t4-,5+,6+,7+/m0/s1. The van der Waals surface area contributed by atoms with Crippen LogP contribution in [0.5, 0.6) is 0 Å². The molecule has 0 aromatic carbocycles. The summed E-state index contributed by atoms with van der Waals surface area (Å²) in [5.41, 5.74) is -0.255. The van der Waals surface area contributed by atoms with Gasteiger partial charge in [0.15, 0.2) is 5.17 Å². The zero-order valence-electron chi connectivity index (χ0n) is 7.81. The number of thioether (sulfide) groups is 1. The number of halogens is 1. The van der Waals surface area contributed by atoms with Gasteiger partial charge in [0.05, 0.1) is 18.8 Å². The Balaban J connectivity index is 2.06. The van der Waals surface area contributed by atoms with E-state index in [0.29, 0.717) is 5.17 Å². The molecule has 2 aliphatic heterocycles. The number of aliphatic hydroxyl groups excluding tert-OH is 1. The number of rotatable bonds is 1. The molecule has 2 rings (SSSR count). The number of hydrogen-bond donors (Lipinski definition) is 2. The molecule has 2 aliphatic rings. The molecule has 80 valence electrons. The van der Waals surface area contributed by atoms with Crippen LogP contribution < -0.4 is 5.32 Å². The Labute approximate surface area is 85.9 Å². The van der Waals surface area contributed by atoms with E-state index < -0.39 is 6.17 Å². The van der Waals surface area contributed by atoms with Gasteiger partial charge in [-0.3, -0.25) is 4.99 Å². The number of nitrogens with zero attached hydrogens (tertiary/aromatic N) is 1. The second-order valence-corrected chi connectivity index (χ2v) is 4.46. The molecule has 4 nitrogen and oxygen atoms in total. The van der Waals surface area contributed by atoms with Gasteiger partial charge in [0, 0.05) is 13.5 Å². The van der Waals surface area contributed by atoms with Crippen LogP contribution in [0.15, 0.2) is 4.99 Å². The van der Waals surface area contributed by atoms with Gasteiger partial charge in [0.1, 0.15) is 11.6 Å². The maximum absolute atomic E-state index is 13.6. The number of alkyl halides is 1. The molecule has 0 saturated carbocycles. The van der Waals surface area contributed by atoms with Crippen LogP contribution in [0.2, 0.25) is 0 Å². The topological polar surface area (TPSA) is 53.9 Å². The number of ether oxygens (including phenoxy) is 1. The van der Waals surface area contributed by atoms with Crippen LogP contribution in [0.25, 0.3) is 0 Å². The third-order valence-electron chi connectivity index (χ3n) is 2.42. The molecule has 2 heterocycles. The molecular formula is C8H13FN2O2S. The summed E-state index contributed by atoms with van der Waals surface area (Å²) in [5, 5.41) is 12.6. The fourth-order valence-electron chi connectivity index (χ4n) is 1.68. The Morgan fingerprint density at radius 2 is 2.57 bits per heavy atom. The Morgan fingerprint density at radius 1 is 1.79 bits per heavy atom. The van der Waals surface area contributed by atoms with Crippen LogP contribution in [0.4, 0.5) is 4.39 Å². The molecule has 6 heteroatoms. The molecule has 0 aromatic heterocycles. The molecule has 14 heavy (non-hydrogen) atoms. The van der Waals surface area contributed by atoms with E-state index in [1.807, 2.05) is 0 Å². The first-order valence-electron chi connectivity index (χ1n) is 4.55. The van der Waals surface area contributed by atoms with E-state index in [9.17, 15) is 4.39 Å². The lowest BCUT2D eigenvalue weighted by Crippen LogP contribution is -2.49. The van der Waals surface area contributed by atoms with Crippen molar-refractivity contribution in [1.82, 2.24) is 5.32 Å². The molecule has 2 fully saturated rings. The lowest BCUT2D eigenvalue weighted by molar-refractivity contribution is -0.0714. The summed E-state index contributed by atoms with van der Waals surface area (Å²) < 4.78 is 19.1. The summed E-state index contributed by atoms with van der Waals surface area (Å²) in [7, 11) is 1.66. The molecule has 0 spiro atoms. The quantitative estimate of drug-likeness (QED) is 0.659. The van der Waals surface area contributed by atoms with Crippen molar-refractivity contribution in [2.45, 2.75) is 30.2 Å². The monoisotopic (exact) mass is 220 g/mol. The zero-order chi connectivity index (χ0) is 10.1. The van der Waals surface area contributed by atoms with Crippen molar-refractivity contribution in [3.8, 4) is 0 Å². The number of aliphatic hydroxyl groups is 1. The molecule has 0 aromatic rings. The lowest BCUT2D eigenvalue weighted by atomic mass is 10.0. The molecular weight excluding hydrogens is 207 g/mol. The smallest absolute Gasteiger partial charge is 0.159 e. The molecule has 0 unspecified atom stereocenters. The molecule has 0 radical (unpaired) electrons. The number of hydrogen-bond acceptors (Lipinski definition) is 4. The van der Waals surface area contributed by atoms with Gasteiger partial charge in [0.2, 0.25) is 0 Å². The van der Waals surface area contributed by atoms with Crippen LogP contribution in [0.1, 0.15) is 6.42 Å². The molecule has 0 aliphatic carbocycles. The molecule has 0 bridgehead atoms. The Morgan fingerprint density at radius 3 is 3.21 bits per heavy atom. The maximum Gasteiger partial charge on any atom is 0.159 e. The van der Waals surface area contributed by atoms with Gasteiger partial charge < -0.3 is 15.2 Å². The normalized spacial score (nSPS) is 44.9. The average molecular weight is 220 g/mol. The molecule has 2 N–H and O–H groups in total. The second kappa shape index (κ2) is 4.04. The van der Waals surface area contributed by atoms with Crippen LogP contribution >= 0.6 is 11.8 Å². The highest BCUT2D eigenvalue weighted by atomic mass is 32.2. The van der Waals surface area contributed by atoms with Crippen molar-refractivity contribution in [2.75, 3.05) is 13.7 Å². The van der Waals surface area contributed by atoms with Crippen molar-refractivity contribution >= 4 is 16.9 Å². The lowest BCUT2D eigenvalue weighted by Gasteiger charge is -2.32. The van der Waals surface area contributed by atoms with Gasteiger partial charge in [-0.25, -0.2) is 4.39 Å². The zero-order valence-corrected chi connectivity index (χ0v) is 8.63. The predicted octanol–water partition coefficient (Wildman–Crippen LogP) is 0.123. The van der Waals surface area contributed by atoms with Crippen LogP contribution in [0, 0.1) is 0 Å². The average Bonchev–Trinajstić information content (AvgIpc) is 2.61. The van der Waals surface area contributed by atoms with Crippen LogP contribution in [-0.2, 0) is 4.74 Å². The number of nitrogens with one attached hydrogen (secondary N) is 1. The predicted molar refractivity (Wildman–Crippen MR) is 53.1 cm³/mol. The van der Waals surface area contributed by atoms with Crippen LogP contribution in [-0.4, -0.2) is 47.7 Å². The maximum atomic E-state index is 13.6. The van der Waals surface area contributed by atoms with E-state index in [2.05, 4.69) is 10.3 Å². The minimum atomic E-state index is -0.974. The highest BCUT2D eigenvalue weighted by Gasteiger charge is 2.44. The summed E-state index contributed by atoms with van der Waals surface area (Å²) in [6.07, 6.45) is -1.10. The Kier molecular flexibility index (Phi) is 2.94. The molecule has 2 saturated heterocycles. The van der Waals surface area contributed by atoms with Gasteiger partial charge in [-0.1, -0.05) is 11.8 Å². The first-order valence-corrected chi connectivity index (χ1v) is 5.43. The van der Waals surface area contributed by atoms with Crippen molar-refractivity contribution in [3.63, 3.8) is 0 Å². The van der Waals surface area contributed by atoms with Crippen molar-refractivity contribution in [2.24, 2.45) is 4.99 Å². The first kappa shape index (κ1) is 10.2. The fraction of sp³-hybridized carbons (Fsp3) is 0.875.